The molecule has 0 amide bonds. The van der Waals surface area contributed by atoms with Crippen molar-refractivity contribution in [2.45, 2.75) is 45.2 Å². The van der Waals surface area contributed by atoms with Gasteiger partial charge in [-0.05, 0) is 62.3 Å². The van der Waals surface area contributed by atoms with Gasteiger partial charge in [-0.2, -0.15) is 13.2 Å². The molecule has 1 aromatic heterocycles. The lowest BCUT2D eigenvalue weighted by molar-refractivity contribution is -0.184. The Morgan fingerprint density at radius 3 is 2.67 bits per heavy atom. The second-order valence-electron chi connectivity index (χ2n) is 7.73. The molecule has 0 spiro atoms. The molecule has 2 aromatic rings. The third-order valence-corrected chi connectivity index (χ3v) is 5.81. The van der Waals surface area contributed by atoms with Gasteiger partial charge in [-0.3, -0.25) is 0 Å². The summed E-state index contributed by atoms with van der Waals surface area (Å²) in [7, 11) is 0. The van der Waals surface area contributed by atoms with Gasteiger partial charge in [0.15, 0.2) is 0 Å². The van der Waals surface area contributed by atoms with Crippen LogP contribution in [0.25, 0.3) is 22.2 Å². The first-order valence-electron chi connectivity index (χ1n) is 10.1. The third-order valence-electron chi connectivity index (χ3n) is 5.62. The van der Waals surface area contributed by atoms with E-state index in [1.807, 2.05) is 43.5 Å². The highest BCUT2D eigenvalue weighted by molar-refractivity contribution is 6.44. The maximum atomic E-state index is 12.8. The number of aromatic nitrogens is 1. The molecule has 1 aromatic carbocycles. The van der Waals surface area contributed by atoms with Gasteiger partial charge >= 0.3 is 6.18 Å². The van der Waals surface area contributed by atoms with Gasteiger partial charge in [-0.1, -0.05) is 23.7 Å². The SMILES string of the molecule is C#CC/C=c1/[nH]cc(-c2cccc(OCC3CCC(C(F)(F)F)CC3)c2)/c1=C(/C)Cl. The van der Waals surface area contributed by atoms with E-state index in [1.165, 1.54) is 0 Å². The molecule has 0 aliphatic heterocycles. The predicted molar refractivity (Wildman–Crippen MR) is 115 cm³/mol. The summed E-state index contributed by atoms with van der Waals surface area (Å²) in [5, 5.41) is 2.43. The molecule has 0 saturated heterocycles. The van der Waals surface area contributed by atoms with E-state index in [0.29, 0.717) is 36.7 Å². The summed E-state index contributed by atoms with van der Waals surface area (Å²) < 4.78 is 44.4. The van der Waals surface area contributed by atoms with E-state index in [4.69, 9.17) is 22.8 Å². The normalized spacial score (nSPS) is 21.3. The third kappa shape index (κ3) is 5.43. The molecule has 6 heteroatoms. The first-order valence-corrected chi connectivity index (χ1v) is 10.4. The van der Waals surface area contributed by atoms with Crippen LogP contribution in [0.15, 0.2) is 30.5 Å². The molecule has 3 rings (SSSR count). The maximum absolute atomic E-state index is 12.8. The molecular formula is C24H25ClF3NO. The zero-order chi connectivity index (χ0) is 21.7. The van der Waals surface area contributed by atoms with Crippen LogP contribution in [0.1, 0.15) is 39.0 Å². The van der Waals surface area contributed by atoms with Crippen molar-refractivity contribution < 1.29 is 17.9 Å². The smallest absolute Gasteiger partial charge is 0.391 e. The Kier molecular flexibility index (Phi) is 7.20. The summed E-state index contributed by atoms with van der Waals surface area (Å²) in [4.78, 5) is 3.22. The number of halogens is 4. The molecule has 2 nitrogen and oxygen atoms in total. The van der Waals surface area contributed by atoms with E-state index in [2.05, 4.69) is 10.9 Å². The highest BCUT2D eigenvalue weighted by Crippen LogP contribution is 2.39. The van der Waals surface area contributed by atoms with Crippen LogP contribution < -0.4 is 15.3 Å². The quantitative estimate of drug-likeness (QED) is 0.607. The molecule has 0 bridgehead atoms. The van der Waals surface area contributed by atoms with Crippen molar-refractivity contribution in [2.24, 2.45) is 11.8 Å². The second kappa shape index (κ2) is 9.66. The van der Waals surface area contributed by atoms with Gasteiger partial charge < -0.3 is 9.72 Å². The van der Waals surface area contributed by atoms with Crippen LogP contribution >= 0.6 is 11.6 Å². The molecule has 1 N–H and O–H groups in total. The van der Waals surface area contributed by atoms with Crippen molar-refractivity contribution >= 4 is 22.7 Å². The first-order chi connectivity index (χ1) is 14.3. The Morgan fingerprint density at radius 1 is 1.30 bits per heavy atom. The number of aromatic amines is 1. The number of H-pyrrole nitrogens is 1. The van der Waals surface area contributed by atoms with Gasteiger partial charge in [-0.15, -0.1) is 12.3 Å². The largest absolute Gasteiger partial charge is 0.493 e. The zero-order valence-corrected chi connectivity index (χ0v) is 17.6. The molecule has 1 heterocycles. The Labute approximate surface area is 179 Å². The van der Waals surface area contributed by atoms with Crippen molar-refractivity contribution in [1.82, 2.24) is 4.98 Å². The molecule has 1 fully saturated rings. The summed E-state index contributed by atoms with van der Waals surface area (Å²) in [6.45, 7) is 2.26. The maximum Gasteiger partial charge on any atom is 0.391 e. The van der Waals surface area contributed by atoms with Crippen LogP contribution in [0.4, 0.5) is 13.2 Å². The van der Waals surface area contributed by atoms with Crippen molar-refractivity contribution in [1.29, 1.82) is 0 Å². The number of rotatable bonds is 5. The van der Waals surface area contributed by atoms with Crippen LogP contribution in [0.2, 0.25) is 0 Å². The lowest BCUT2D eigenvalue weighted by atomic mass is 9.82. The van der Waals surface area contributed by atoms with Crippen molar-refractivity contribution in [3.8, 4) is 29.2 Å². The Bertz CT molecular complexity index is 1020. The number of benzene rings is 1. The Hall–Kier alpha value is -2.32. The topological polar surface area (TPSA) is 25.0 Å². The van der Waals surface area contributed by atoms with E-state index in [-0.39, 0.29) is 18.8 Å². The molecule has 0 radical (unpaired) electrons. The van der Waals surface area contributed by atoms with Gasteiger partial charge in [0.2, 0.25) is 0 Å². The minimum Gasteiger partial charge on any atom is -0.493 e. The first kappa shape index (κ1) is 22.4. The summed E-state index contributed by atoms with van der Waals surface area (Å²) >= 11 is 6.34. The lowest BCUT2D eigenvalue weighted by Crippen LogP contribution is -2.29. The van der Waals surface area contributed by atoms with E-state index in [9.17, 15) is 13.2 Å². The number of ether oxygens (including phenoxy) is 1. The monoisotopic (exact) mass is 435 g/mol. The molecule has 1 saturated carbocycles. The number of nitrogens with one attached hydrogen (secondary N) is 1. The summed E-state index contributed by atoms with van der Waals surface area (Å²) in [5.41, 5.74) is 1.89. The standard InChI is InChI=1S/C24H25ClF3NO/c1-3-4-8-22-23(16(2)25)21(14-29-22)18-6-5-7-20(13-18)30-15-17-9-11-19(12-10-17)24(26,27)28/h1,5-8,13-14,17,19,29H,4,9-12,15H2,2H3/b22-8+,23-16+. The van der Waals surface area contributed by atoms with E-state index >= 15 is 0 Å². The van der Waals surface area contributed by atoms with Crippen molar-refractivity contribution in [3.63, 3.8) is 0 Å². The minimum absolute atomic E-state index is 0.151. The average Bonchev–Trinajstić information content (AvgIpc) is 3.15. The fourth-order valence-corrected chi connectivity index (χ4v) is 4.19. The molecule has 160 valence electrons. The number of alkyl halides is 3. The molecule has 0 atom stereocenters. The van der Waals surface area contributed by atoms with Crippen LogP contribution in [-0.4, -0.2) is 17.8 Å². The van der Waals surface area contributed by atoms with E-state index < -0.39 is 12.1 Å². The number of hydrogen-bond acceptors (Lipinski definition) is 1. The van der Waals surface area contributed by atoms with Gasteiger partial charge in [-0.25, -0.2) is 0 Å². The van der Waals surface area contributed by atoms with E-state index in [1.54, 1.807) is 0 Å². The minimum atomic E-state index is -4.08. The number of terminal acetylenes is 1. The Morgan fingerprint density at radius 2 is 2.03 bits per heavy atom. The summed E-state index contributed by atoms with van der Waals surface area (Å²) in [5.74, 6) is 2.27. The molecule has 1 aliphatic carbocycles. The van der Waals surface area contributed by atoms with E-state index in [0.717, 1.165) is 21.7 Å². The zero-order valence-electron chi connectivity index (χ0n) is 16.9. The van der Waals surface area contributed by atoms with Crippen LogP contribution in [0, 0.1) is 24.2 Å². The van der Waals surface area contributed by atoms with Crippen molar-refractivity contribution in [3.05, 3.63) is 41.0 Å². The predicted octanol–water partition coefficient (Wildman–Crippen LogP) is 5.60. The van der Waals surface area contributed by atoms with Gasteiger partial charge in [0, 0.05) is 33.8 Å². The van der Waals surface area contributed by atoms with Crippen LogP contribution in [0.3, 0.4) is 0 Å². The fraction of sp³-hybridized carbons (Fsp3) is 0.417. The van der Waals surface area contributed by atoms with Crippen LogP contribution in [0.5, 0.6) is 5.75 Å². The molecule has 1 aliphatic rings. The Balaban J connectivity index is 1.72. The average molecular weight is 436 g/mol. The molecule has 30 heavy (non-hydrogen) atoms. The number of hydrogen-bond donors (Lipinski definition) is 1. The van der Waals surface area contributed by atoms with Crippen LogP contribution in [-0.2, 0) is 0 Å². The summed E-state index contributed by atoms with van der Waals surface area (Å²) in [6, 6.07) is 7.66. The van der Waals surface area contributed by atoms with Crippen molar-refractivity contribution in [2.75, 3.05) is 6.61 Å². The van der Waals surface area contributed by atoms with Gasteiger partial charge in [0.05, 0.1) is 12.5 Å². The van der Waals surface area contributed by atoms with Gasteiger partial charge in [0.1, 0.15) is 5.75 Å². The lowest BCUT2D eigenvalue weighted by Gasteiger charge is -2.29. The molecular weight excluding hydrogens is 411 g/mol. The fourth-order valence-electron chi connectivity index (χ4n) is 3.98. The highest BCUT2D eigenvalue weighted by Gasteiger charge is 2.41. The van der Waals surface area contributed by atoms with Gasteiger partial charge in [0.25, 0.3) is 0 Å². The molecule has 0 unspecified atom stereocenters. The second-order valence-corrected chi connectivity index (χ2v) is 8.30. The summed E-state index contributed by atoms with van der Waals surface area (Å²) in [6.07, 6.45) is 7.04. The highest BCUT2D eigenvalue weighted by atomic mass is 35.5.